The van der Waals surface area contributed by atoms with E-state index in [1.807, 2.05) is 0 Å². The molecule has 0 aliphatic rings. The molecule has 5 rings (SSSR count). The number of hydrogen-bond donors (Lipinski definition) is 0. The lowest BCUT2D eigenvalue weighted by Crippen LogP contribution is -2.55. The lowest BCUT2D eigenvalue weighted by Gasteiger charge is -2.27. The highest BCUT2D eigenvalue weighted by Gasteiger charge is 2.27. The predicted molar refractivity (Wildman–Crippen MR) is 166 cm³/mol. The van der Waals surface area contributed by atoms with E-state index in [2.05, 4.69) is 154 Å². The minimum absolute atomic E-state index is 0.197. The maximum atomic E-state index is 2.47. The normalized spacial score (nSPS) is 10.8. The van der Waals surface area contributed by atoms with Gasteiger partial charge in [-0.25, -0.2) is 0 Å². The first-order valence-electron chi connectivity index (χ1n) is 13.6. The van der Waals surface area contributed by atoms with Gasteiger partial charge in [0.15, 0.2) is 0 Å². The molecule has 0 unspecified atom stereocenters. The molecule has 0 aliphatic heterocycles. The van der Waals surface area contributed by atoms with Crippen LogP contribution in [0.15, 0.2) is 121 Å². The molecule has 5 aromatic carbocycles. The molecule has 0 aliphatic carbocycles. The molecular weight excluding hydrogens is 457 g/mol. The third-order valence-corrected chi connectivity index (χ3v) is 7.69. The van der Waals surface area contributed by atoms with Crippen LogP contribution in [0.2, 0.25) is 0 Å². The van der Waals surface area contributed by atoms with Crippen molar-refractivity contribution in [2.45, 2.75) is 40.8 Å². The Morgan fingerprint density at radius 2 is 0.842 bits per heavy atom. The summed E-state index contributed by atoms with van der Waals surface area (Å²) in [6, 6.07) is 44.2. The van der Waals surface area contributed by atoms with Crippen LogP contribution in [0.25, 0.3) is 0 Å². The second kappa shape index (κ2) is 11.6. The van der Waals surface area contributed by atoms with Crippen LogP contribution in [0.1, 0.15) is 33.4 Å². The molecule has 5 aromatic rings. The van der Waals surface area contributed by atoms with Crippen molar-refractivity contribution in [1.29, 1.82) is 0 Å². The highest BCUT2D eigenvalue weighted by atomic mass is 15.1. The molecular formula is C36H36BN. The van der Waals surface area contributed by atoms with Crippen LogP contribution < -0.4 is 21.3 Å². The zero-order chi connectivity index (χ0) is 26.5. The van der Waals surface area contributed by atoms with Crippen LogP contribution in [-0.4, -0.2) is 6.71 Å². The van der Waals surface area contributed by atoms with Gasteiger partial charge in [-0.1, -0.05) is 148 Å². The van der Waals surface area contributed by atoms with Gasteiger partial charge in [0.2, 0.25) is 6.71 Å². The van der Waals surface area contributed by atoms with E-state index in [4.69, 9.17) is 0 Å². The van der Waals surface area contributed by atoms with E-state index in [1.54, 1.807) is 0 Å². The van der Waals surface area contributed by atoms with Gasteiger partial charge in [-0.3, -0.25) is 0 Å². The van der Waals surface area contributed by atoms with Gasteiger partial charge in [-0.2, -0.15) is 0 Å². The number of aryl methyl sites for hydroxylation is 4. The van der Waals surface area contributed by atoms with Gasteiger partial charge in [-0.15, -0.1) is 0 Å². The Kier molecular flexibility index (Phi) is 7.79. The van der Waals surface area contributed by atoms with E-state index < -0.39 is 0 Å². The first kappa shape index (κ1) is 25.6. The summed E-state index contributed by atoms with van der Waals surface area (Å²) in [5.41, 5.74) is 13.4. The topological polar surface area (TPSA) is 3.24 Å². The molecule has 0 spiro atoms. The molecule has 0 radical (unpaired) electrons. The smallest absolute Gasteiger partial charge is 0.242 e. The van der Waals surface area contributed by atoms with Crippen LogP contribution >= 0.6 is 0 Å². The van der Waals surface area contributed by atoms with Gasteiger partial charge >= 0.3 is 0 Å². The third kappa shape index (κ3) is 5.60. The lowest BCUT2D eigenvalue weighted by molar-refractivity contribution is 0.800. The summed E-state index contributed by atoms with van der Waals surface area (Å²) in [7, 11) is 0. The Morgan fingerprint density at radius 3 is 1.24 bits per heavy atom. The molecule has 2 heteroatoms. The van der Waals surface area contributed by atoms with E-state index in [9.17, 15) is 0 Å². The fourth-order valence-electron chi connectivity index (χ4n) is 5.77. The van der Waals surface area contributed by atoms with Gasteiger partial charge < -0.3 is 4.90 Å². The molecule has 0 heterocycles. The molecule has 0 bridgehead atoms. The van der Waals surface area contributed by atoms with Crippen molar-refractivity contribution in [3.63, 3.8) is 0 Å². The van der Waals surface area contributed by atoms with Gasteiger partial charge in [-0.05, 0) is 51.0 Å². The summed E-state index contributed by atoms with van der Waals surface area (Å²) in [6.45, 7) is 10.9. The highest BCUT2D eigenvalue weighted by molar-refractivity contribution is 6.96. The van der Waals surface area contributed by atoms with E-state index in [0.717, 1.165) is 13.1 Å². The van der Waals surface area contributed by atoms with Crippen LogP contribution in [0.4, 0.5) is 5.69 Å². The molecule has 0 atom stereocenters. The Morgan fingerprint density at radius 1 is 0.447 bits per heavy atom. The molecule has 1 nitrogen and oxygen atoms in total. The first-order chi connectivity index (χ1) is 18.5. The van der Waals surface area contributed by atoms with Crippen LogP contribution in [-0.2, 0) is 13.1 Å². The van der Waals surface area contributed by atoms with Crippen LogP contribution in [0.3, 0.4) is 0 Å². The van der Waals surface area contributed by atoms with Crippen LogP contribution in [0, 0.1) is 27.7 Å². The zero-order valence-electron chi connectivity index (χ0n) is 23.0. The number of rotatable bonds is 8. The zero-order valence-corrected chi connectivity index (χ0v) is 23.0. The first-order valence-corrected chi connectivity index (χ1v) is 13.6. The standard InChI is InChI=1S/C36H36BN/c1-27-13-11-14-28(2)35(27)37(36-29(3)15-12-16-30(36)4)33-21-23-34(24-22-33)38(25-31-17-7-5-8-18-31)26-32-19-9-6-10-20-32/h5-24H,25-26H2,1-4H3. The average molecular weight is 494 g/mol. The van der Waals surface area contributed by atoms with Gasteiger partial charge in [0.25, 0.3) is 0 Å². The second-order valence-electron chi connectivity index (χ2n) is 10.5. The largest absolute Gasteiger partial charge is 0.363 e. The fraction of sp³-hybridized carbons (Fsp3) is 0.167. The quantitative estimate of drug-likeness (QED) is 0.219. The Hall–Kier alpha value is -4.04. The maximum Gasteiger partial charge on any atom is 0.242 e. The summed E-state index contributed by atoms with van der Waals surface area (Å²) in [4.78, 5) is 2.47. The molecule has 0 amide bonds. The Bertz CT molecular complexity index is 1360. The van der Waals surface area contributed by atoms with E-state index in [1.165, 1.54) is 55.5 Å². The van der Waals surface area contributed by atoms with Crippen molar-refractivity contribution in [3.05, 3.63) is 155 Å². The summed E-state index contributed by atoms with van der Waals surface area (Å²) in [6.07, 6.45) is 0. The number of nitrogens with zero attached hydrogens (tertiary/aromatic N) is 1. The van der Waals surface area contributed by atoms with Gasteiger partial charge in [0.1, 0.15) is 0 Å². The SMILES string of the molecule is Cc1cccc(C)c1B(c1ccc(N(Cc2ccccc2)Cc2ccccc2)cc1)c1c(C)cccc1C. The lowest BCUT2D eigenvalue weighted by atomic mass is 9.34. The maximum absolute atomic E-state index is 2.47. The Labute approximate surface area is 228 Å². The van der Waals surface area contributed by atoms with Crippen molar-refractivity contribution in [1.82, 2.24) is 0 Å². The molecule has 0 fully saturated rings. The monoisotopic (exact) mass is 493 g/mol. The van der Waals surface area contributed by atoms with Gasteiger partial charge in [0.05, 0.1) is 0 Å². The second-order valence-corrected chi connectivity index (χ2v) is 10.5. The molecule has 0 saturated heterocycles. The number of benzene rings is 5. The molecule has 0 aromatic heterocycles. The molecule has 0 N–H and O–H groups in total. The van der Waals surface area contributed by atoms with Crippen molar-refractivity contribution in [3.8, 4) is 0 Å². The third-order valence-electron chi connectivity index (χ3n) is 7.69. The molecule has 188 valence electrons. The minimum Gasteiger partial charge on any atom is -0.363 e. The Balaban J connectivity index is 1.57. The summed E-state index contributed by atoms with van der Waals surface area (Å²) >= 11 is 0. The number of hydrogen-bond acceptors (Lipinski definition) is 1. The fourth-order valence-corrected chi connectivity index (χ4v) is 5.77. The van der Waals surface area contributed by atoms with E-state index in [0.29, 0.717) is 0 Å². The van der Waals surface area contributed by atoms with Crippen LogP contribution in [0.5, 0.6) is 0 Å². The highest BCUT2D eigenvalue weighted by Crippen LogP contribution is 2.20. The predicted octanol–water partition coefficient (Wildman–Crippen LogP) is 6.64. The van der Waals surface area contributed by atoms with E-state index >= 15 is 0 Å². The number of anilines is 1. The summed E-state index contributed by atoms with van der Waals surface area (Å²) in [5, 5.41) is 0. The van der Waals surface area contributed by atoms with Crippen molar-refractivity contribution < 1.29 is 0 Å². The molecule has 38 heavy (non-hydrogen) atoms. The molecule has 0 saturated carbocycles. The van der Waals surface area contributed by atoms with Gasteiger partial charge in [0, 0.05) is 18.8 Å². The van der Waals surface area contributed by atoms with E-state index in [-0.39, 0.29) is 6.71 Å². The average Bonchev–Trinajstić information content (AvgIpc) is 2.93. The van der Waals surface area contributed by atoms with Crippen molar-refractivity contribution in [2.75, 3.05) is 4.90 Å². The summed E-state index contributed by atoms with van der Waals surface area (Å²) < 4.78 is 0. The summed E-state index contributed by atoms with van der Waals surface area (Å²) in [5.74, 6) is 0. The minimum atomic E-state index is 0.197. The van der Waals surface area contributed by atoms with Crippen molar-refractivity contribution >= 4 is 28.8 Å². The van der Waals surface area contributed by atoms with Crippen molar-refractivity contribution in [2.24, 2.45) is 0 Å².